The van der Waals surface area contributed by atoms with Crippen LogP contribution in [-0.4, -0.2) is 42.7 Å². The Labute approximate surface area is 123 Å². The molecule has 1 aliphatic carbocycles. The minimum Gasteiger partial charge on any atom is -0.496 e. The second-order valence-electron chi connectivity index (χ2n) is 5.77. The summed E-state index contributed by atoms with van der Waals surface area (Å²) in [7, 11) is 1.49. The molecular formula is C15H20N2O4. The fourth-order valence-corrected chi connectivity index (χ4v) is 3.46. The van der Waals surface area contributed by atoms with Crippen molar-refractivity contribution in [2.45, 2.75) is 25.3 Å². The summed E-state index contributed by atoms with van der Waals surface area (Å²) in [6.45, 7) is 2.47. The number of nitro benzene ring substituents is 1. The van der Waals surface area contributed by atoms with E-state index >= 15 is 0 Å². The molecule has 3 rings (SSSR count). The zero-order chi connectivity index (χ0) is 14.8. The number of nitrogens with zero attached hydrogens (tertiary/aromatic N) is 2. The second kappa shape index (κ2) is 5.89. The van der Waals surface area contributed by atoms with Gasteiger partial charge in [0.1, 0.15) is 12.4 Å². The maximum absolute atomic E-state index is 11.1. The summed E-state index contributed by atoms with van der Waals surface area (Å²) in [4.78, 5) is 13.1. The van der Waals surface area contributed by atoms with Crippen molar-refractivity contribution in [1.82, 2.24) is 4.90 Å². The normalized spacial score (nSPS) is 24.2. The molecule has 1 saturated carbocycles. The number of benzene rings is 1. The van der Waals surface area contributed by atoms with E-state index in [-0.39, 0.29) is 5.69 Å². The number of nitro groups is 1. The van der Waals surface area contributed by atoms with Gasteiger partial charge in [-0.1, -0.05) is 0 Å². The van der Waals surface area contributed by atoms with Crippen LogP contribution >= 0.6 is 0 Å². The van der Waals surface area contributed by atoms with E-state index in [4.69, 9.17) is 9.47 Å². The predicted molar refractivity (Wildman–Crippen MR) is 77.8 cm³/mol. The Balaban J connectivity index is 1.58. The summed E-state index contributed by atoms with van der Waals surface area (Å²) in [6.07, 6.45) is 3.95. The molecule has 114 valence electrons. The van der Waals surface area contributed by atoms with Gasteiger partial charge in [0, 0.05) is 19.1 Å². The van der Waals surface area contributed by atoms with Crippen LogP contribution in [0.5, 0.6) is 11.5 Å². The molecular weight excluding hydrogens is 272 g/mol. The number of ether oxygens (including phenoxy) is 2. The van der Waals surface area contributed by atoms with Crippen molar-refractivity contribution in [2.24, 2.45) is 5.92 Å². The number of rotatable bonds is 6. The molecule has 2 unspecified atom stereocenters. The van der Waals surface area contributed by atoms with Crippen molar-refractivity contribution in [1.29, 1.82) is 0 Å². The third-order valence-corrected chi connectivity index (χ3v) is 4.52. The van der Waals surface area contributed by atoms with Crippen molar-refractivity contribution >= 4 is 5.69 Å². The highest BCUT2D eigenvalue weighted by Gasteiger charge is 2.37. The van der Waals surface area contributed by atoms with Crippen LogP contribution in [0.2, 0.25) is 0 Å². The first-order chi connectivity index (χ1) is 10.2. The molecule has 2 atom stereocenters. The zero-order valence-electron chi connectivity index (χ0n) is 12.2. The zero-order valence-corrected chi connectivity index (χ0v) is 12.2. The molecule has 0 radical (unpaired) electrons. The standard InChI is InChI=1S/C15H20N2O4/c1-20-13-4-5-15(14(9-13)17(18)19)21-7-6-16-10-11-2-3-12(16)8-11/h4-5,9,11-12H,2-3,6-8,10H2,1H3. The Kier molecular flexibility index (Phi) is 3.96. The average Bonchev–Trinajstić information content (AvgIpc) is 3.10. The highest BCUT2D eigenvalue weighted by Crippen LogP contribution is 2.37. The number of hydrogen-bond acceptors (Lipinski definition) is 5. The molecule has 1 aromatic carbocycles. The Morgan fingerprint density at radius 2 is 2.29 bits per heavy atom. The van der Waals surface area contributed by atoms with Gasteiger partial charge in [0.2, 0.25) is 0 Å². The summed E-state index contributed by atoms with van der Waals surface area (Å²) in [6, 6.07) is 5.38. The molecule has 1 aliphatic heterocycles. The predicted octanol–water partition coefficient (Wildman–Crippen LogP) is 2.47. The quantitative estimate of drug-likeness (QED) is 0.595. The van der Waals surface area contributed by atoms with Crippen LogP contribution in [0.25, 0.3) is 0 Å². The van der Waals surface area contributed by atoms with Gasteiger partial charge in [-0.05, 0) is 37.3 Å². The van der Waals surface area contributed by atoms with Gasteiger partial charge >= 0.3 is 5.69 Å². The largest absolute Gasteiger partial charge is 0.496 e. The molecule has 1 saturated heterocycles. The minimum absolute atomic E-state index is 0.0442. The molecule has 2 bridgehead atoms. The minimum atomic E-state index is -0.435. The highest BCUT2D eigenvalue weighted by molar-refractivity contribution is 5.50. The van der Waals surface area contributed by atoms with Crippen LogP contribution in [0, 0.1) is 16.0 Å². The Bertz CT molecular complexity index is 534. The molecule has 0 amide bonds. The summed E-state index contributed by atoms with van der Waals surface area (Å²) in [5.41, 5.74) is -0.0442. The van der Waals surface area contributed by atoms with Crippen LogP contribution < -0.4 is 9.47 Å². The van der Waals surface area contributed by atoms with Crippen molar-refractivity contribution in [3.8, 4) is 11.5 Å². The van der Waals surface area contributed by atoms with Gasteiger partial charge in [-0.2, -0.15) is 0 Å². The molecule has 2 aliphatic rings. The second-order valence-corrected chi connectivity index (χ2v) is 5.77. The lowest BCUT2D eigenvalue weighted by Gasteiger charge is -2.26. The van der Waals surface area contributed by atoms with Gasteiger partial charge < -0.3 is 9.47 Å². The first-order valence-corrected chi connectivity index (χ1v) is 7.36. The molecule has 6 nitrogen and oxygen atoms in total. The van der Waals surface area contributed by atoms with Crippen LogP contribution in [0.15, 0.2) is 18.2 Å². The number of hydrogen-bond donors (Lipinski definition) is 0. The fraction of sp³-hybridized carbons (Fsp3) is 0.600. The average molecular weight is 292 g/mol. The van der Waals surface area contributed by atoms with Crippen LogP contribution in [0.1, 0.15) is 19.3 Å². The van der Waals surface area contributed by atoms with Gasteiger partial charge in [0.25, 0.3) is 0 Å². The molecule has 0 spiro atoms. The lowest BCUT2D eigenvalue weighted by molar-refractivity contribution is -0.385. The van der Waals surface area contributed by atoms with Gasteiger partial charge in [-0.25, -0.2) is 0 Å². The van der Waals surface area contributed by atoms with E-state index in [0.717, 1.165) is 19.0 Å². The summed E-state index contributed by atoms with van der Waals surface area (Å²) in [5, 5.41) is 11.1. The fourth-order valence-electron chi connectivity index (χ4n) is 3.46. The molecule has 1 aromatic rings. The number of methoxy groups -OCH3 is 1. The highest BCUT2D eigenvalue weighted by atomic mass is 16.6. The third kappa shape index (κ3) is 2.95. The molecule has 1 heterocycles. The van der Waals surface area contributed by atoms with Gasteiger partial charge in [-0.3, -0.25) is 15.0 Å². The van der Waals surface area contributed by atoms with E-state index in [2.05, 4.69) is 4.90 Å². The first-order valence-electron chi connectivity index (χ1n) is 7.36. The van der Waals surface area contributed by atoms with Crippen LogP contribution in [0.4, 0.5) is 5.69 Å². The molecule has 21 heavy (non-hydrogen) atoms. The number of fused-ring (bicyclic) bond motifs is 2. The van der Waals surface area contributed by atoms with Crippen molar-refractivity contribution in [3.63, 3.8) is 0 Å². The van der Waals surface area contributed by atoms with E-state index in [1.807, 2.05) is 0 Å². The smallest absolute Gasteiger partial charge is 0.314 e. The van der Waals surface area contributed by atoms with Crippen molar-refractivity contribution < 1.29 is 14.4 Å². The van der Waals surface area contributed by atoms with Crippen molar-refractivity contribution in [3.05, 3.63) is 28.3 Å². The Hall–Kier alpha value is -1.82. The van der Waals surface area contributed by atoms with E-state index in [1.54, 1.807) is 12.1 Å². The molecule has 2 fully saturated rings. The van der Waals surface area contributed by atoms with E-state index in [0.29, 0.717) is 24.1 Å². The van der Waals surface area contributed by atoms with Crippen LogP contribution in [-0.2, 0) is 0 Å². The molecule has 0 N–H and O–H groups in total. The third-order valence-electron chi connectivity index (χ3n) is 4.52. The van der Waals surface area contributed by atoms with Crippen molar-refractivity contribution in [2.75, 3.05) is 26.8 Å². The van der Waals surface area contributed by atoms with Gasteiger partial charge in [-0.15, -0.1) is 0 Å². The molecule has 0 aromatic heterocycles. The lowest BCUT2D eigenvalue weighted by atomic mass is 10.1. The number of piperidine rings is 1. The maximum Gasteiger partial charge on any atom is 0.314 e. The summed E-state index contributed by atoms with van der Waals surface area (Å²) < 4.78 is 10.6. The van der Waals surface area contributed by atoms with Crippen LogP contribution in [0.3, 0.4) is 0 Å². The van der Waals surface area contributed by atoms with E-state index in [9.17, 15) is 10.1 Å². The maximum atomic E-state index is 11.1. The molecule has 6 heteroatoms. The monoisotopic (exact) mass is 292 g/mol. The van der Waals surface area contributed by atoms with Gasteiger partial charge in [0.05, 0.1) is 18.1 Å². The van der Waals surface area contributed by atoms with E-state index in [1.165, 1.54) is 32.4 Å². The Morgan fingerprint density at radius 1 is 1.43 bits per heavy atom. The SMILES string of the molecule is COc1ccc(OCCN2CC3CCC2C3)c([N+](=O)[O-])c1. The summed E-state index contributed by atoms with van der Waals surface area (Å²) >= 11 is 0. The lowest BCUT2D eigenvalue weighted by Crippen LogP contribution is -2.35. The van der Waals surface area contributed by atoms with E-state index < -0.39 is 4.92 Å². The topological polar surface area (TPSA) is 64.8 Å². The number of likely N-dealkylation sites (tertiary alicyclic amines) is 1. The Morgan fingerprint density at radius 3 is 2.90 bits per heavy atom. The first kappa shape index (κ1) is 14.1. The summed E-state index contributed by atoms with van der Waals surface area (Å²) in [5.74, 6) is 1.63. The van der Waals surface area contributed by atoms with Gasteiger partial charge in [0.15, 0.2) is 5.75 Å².